The molecule has 0 aliphatic carbocycles. The van der Waals surface area contributed by atoms with E-state index in [2.05, 4.69) is 36.9 Å². The number of aromatic nitrogens is 3. The molecule has 3 aliphatic rings. The number of nitriles is 1. The Morgan fingerprint density at radius 3 is 2.61 bits per heavy atom. The summed E-state index contributed by atoms with van der Waals surface area (Å²) in [4.78, 5) is 61.8. The smallest absolute Gasteiger partial charge is 0.342 e. The SMILES string of the molecule is CC(C)Nc1cc(-n2ccc3cc(C#N)cnc32)ncc1C(=O)NC1CCN(Cc2ccc3c(c2)CN(N2CCC(=O)NC2=O)C3=O)CC1. The van der Waals surface area contributed by atoms with Crippen molar-refractivity contribution in [3.63, 3.8) is 0 Å². The molecular formula is C35H36N10O4. The van der Waals surface area contributed by atoms with Crippen LogP contribution in [0.4, 0.5) is 10.5 Å². The quantitative estimate of drug-likeness (QED) is 0.257. The Hall–Kier alpha value is -5.81. The Kier molecular flexibility index (Phi) is 8.43. The highest BCUT2D eigenvalue weighted by Crippen LogP contribution is 2.28. The van der Waals surface area contributed by atoms with E-state index in [0.29, 0.717) is 40.4 Å². The van der Waals surface area contributed by atoms with Crippen molar-refractivity contribution in [2.24, 2.45) is 0 Å². The van der Waals surface area contributed by atoms with Gasteiger partial charge in [0.25, 0.3) is 11.8 Å². The first-order valence-electron chi connectivity index (χ1n) is 16.4. The number of hydrazine groups is 1. The number of amides is 5. The minimum Gasteiger partial charge on any atom is -0.382 e. The van der Waals surface area contributed by atoms with Crippen LogP contribution >= 0.6 is 0 Å². The van der Waals surface area contributed by atoms with E-state index in [1.807, 2.05) is 54.9 Å². The fraction of sp³-hybridized carbons (Fsp3) is 0.343. The maximum Gasteiger partial charge on any atom is 0.342 e. The first kappa shape index (κ1) is 31.8. The molecule has 0 saturated carbocycles. The predicted octanol–water partition coefficient (Wildman–Crippen LogP) is 3.32. The average molecular weight is 661 g/mol. The Morgan fingerprint density at radius 1 is 1.04 bits per heavy atom. The summed E-state index contributed by atoms with van der Waals surface area (Å²) in [6.45, 7) is 6.78. The number of urea groups is 1. The van der Waals surface area contributed by atoms with E-state index in [9.17, 15) is 24.4 Å². The molecule has 14 heteroatoms. The van der Waals surface area contributed by atoms with Crippen LogP contribution in [0, 0.1) is 11.3 Å². The van der Waals surface area contributed by atoms with Crippen molar-refractivity contribution >= 4 is 40.5 Å². The van der Waals surface area contributed by atoms with Crippen molar-refractivity contribution in [2.45, 2.75) is 58.3 Å². The van der Waals surface area contributed by atoms with Crippen LogP contribution in [0.1, 0.15) is 70.5 Å². The molecule has 2 fully saturated rings. The van der Waals surface area contributed by atoms with Crippen LogP contribution in [0.25, 0.3) is 16.9 Å². The molecule has 3 N–H and O–H groups in total. The highest BCUT2D eigenvalue weighted by atomic mass is 16.2. The van der Waals surface area contributed by atoms with Crippen molar-refractivity contribution < 1.29 is 19.2 Å². The molecule has 7 rings (SSSR count). The van der Waals surface area contributed by atoms with Crippen molar-refractivity contribution in [3.8, 4) is 11.9 Å². The van der Waals surface area contributed by atoms with Gasteiger partial charge in [-0.3, -0.25) is 29.2 Å². The van der Waals surface area contributed by atoms with Gasteiger partial charge in [-0.15, -0.1) is 0 Å². The number of likely N-dealkylation sites (tertiary alicyclic amines) is 1. The first-order valence-corrected chi connectivity index (χ1v) is 16.4. The number of piperidine rings is 1. The van der Waals surface area contributed by atoms with E-state index in [4.69, 9.17) is 0 Å². The highest BCUT2D eigenvalue weighted by Gasteiger charge is 2.37. The Balaban J connectivity index is 0.971. The third-order valence-corrected chi connectivity index (χ3v) is 9.09. The normalized spacial score (nSPS) is 17.0. The molecule has 6 heterocycles. The van der Waals surface area contributed by atoms with Gasteiger partial charge >= 0.3 is 6.03 Å². The molecule has 49 heavy (non-hydrogen) atoms. The fourth-order valence-electron chi connectivity index (χ4n) is 6.65. The number of hydrogen-bond acceptors (Lipinski definition) is 9. The lowest BCUT2D eigenvalue weighted by Gasteiger charge is -2.33. The summed E-state index contributed by atoms with van der Waals surface area (Å²) in [5, 5.41) is 21.6. The number of pyridine rings is 2. The second-order valence-corrected chi connectivity index (χ2v) is 12.9. The van der Waals surface area contributed by atoms with Crippen LogP contribution in [-0.4, -0.2) is 84.9 Å². The van der Waals surface area contributed by atoms with E-state index >= 15 is 0 Å². The number of anilines is 1. The van der Waals surface area contributed by atoms with Crippen molar-refractivity contribution in [1.82, 2.24) is 40.1 Å². The maximum atomic E-state index is 13.5. The number of carbonyl (C=O) groups is 4. The number of hydrogen-bond donors (Lipinski definition) is 3. The monoisotopic (exact) mass is 660 g/mol. The first-order chi connectivity index (χ1) is 23.7. The van der Waals surface area contributed by atoms with Gasteiger partial charge in [0.05, 0.1) is 29.9 Å². The topological polar surface area (TPSA) is 169 Å². The highest BCUT2D eigenvalue weighted by molar-refractivity contribution is 6.02. The third kappa shape index (κ3) is 6.40. The summed E-state index contributed by atoms with van der Waals surface area (Å²) < 4.78 is 1.84. The average Bonchev–Trinajstić information content (AvgIpc) is 3.65. The van der Waals surface area contributed by atoms with Gasteiger partial charge in [0.15, 0.2) is 0 Å². The van der Waals surface area contributed by atoms with E-state index in [0.717, 1.165) is 42.4 Å². The molecule has 5 amide bonds. The minimum absolute atomic E-state index is 0.0102. The van der Waals surface area contributed by atoms with Gasteiger partial charge in [-0.25, -0.2) is 24.8 Å². The van der Waals surface area contributed by atoms with Crippen LogP contribution in [0.3, 0.4) is 0 Å². The van der Waals surface area contributed by atoms with Gasteiger partial charge in [0.1, 0.15) is 17.5 Å². The molecule has 1 aromatic carbocycles. The molecule has 14 nitrogen and oxygen atoms in total. The van der Waals surface area contributed by atoms with Crippen LogP contribution in [0.2, 0.25) is 0 Å². The largest absolute Gasteiger partial charge is 0.382 e. The van der Waals surface area contributed by atoms with E-state index in [-0.39, 0.29) is 49.3 Å². The van der Waals surface area contributed by atoms with Crippen molar-refractivity contribution in [1.29, 1.82) is 5.26 Å². The van der Waals surface area contributed by atoms with Gasteiger partial charge in [-0.1, -0.05) is 12.1 Å². The fourth-order valence-corrected chi connectivity index (χ4v) is 6.65. The molecule has 0 radical (unpaired) electrons. The second-order valence-electron chi connectivity index (χ2n) is 12.9. The Labute approximate surface area is 282 Å². The summed E-state index contributed by atoms with van der Waals surface area (Å²) in [5.41, 5.74) is 4.79. The van der Waals surface area contributed by atoms with Crippen LogP contribution in [0.5, 0.6) is 0 Å². The maximum absolute atomic E-state index is 13.5. The number of nitrogens with zero attached hydrogens (tertiary/aromatic N) is 7. The summed E-state index contributed by atoms with van der Waals surface area (Å²) in [5.74, 6) is -0.163. The lowest BCUT2D eigenvalue weighted by molar-refractivity contribution is -0.123. The van der Waals surface area contributed by atoms with Gasteiger partial charge in [-0.05, 0) is 56.0 Å². The number of imide groups is 1. The van der Waals surface area contributed by atoms with Crippen LogP contribution in [0.15, 0.2) is 55.0 Å². The molecule has 3 aliphatic heterocycles. The summed E-state index contributed by atoms with van der Waals surface area (Å²) in [6, 6.07) is 12.9. The molecule has 2 saturated heterocycles. The van der Waals surface area contributed by atoms with Crippen LogP contribution < -0.4 is 16.0 Å². The molecule has 3 aromatic heterocycles. The number of nitrogens with one attached hydrogen (secondary N) is 3. The molecular weight excluding hydrogens is 624 g/mol. The third-order valence-electron chi connectivity index (χ3n) is 9.09. The number of fused-ring (bicyclic) bond motifs is 2. The van der Waals surface area contributed by atoms with Crippen molar-refractivity contribution in [3.05, 3.63) is 82.8 Å². The number of benzene rings is 1. The zero-order valence-electron chi connectivity index (χ0n) is 27.3. The van der Waals surface area contributed by atoms with E-state index < -0.39 is 6.03 Å². The number of rotatable bonds is 8. The lowest BCUT2D eigenvalue weighted by atomic mass is 10.0. The number of carbonyl (C=O) groups excluding carboxylic acids is 4. The van der Waals surface area contributed by atoms with E-state index in [1.54, 1.807) is 12.3 Å². The van der Waals surface area contributed by atoms with Gasteiger partial charge in [0, 0.05) is 73.7 Å². The molecule has 250 valence electrons. The molecule has 0 spiro atoms. The zero-order valence-corrected chi connectivity index (χ0v) is 27.3. The van der Waals surface area contributed by atoms with Crippen molar-refractivity contribution in [2.75, 3.05) is 25.0 Å². The molecule has 4 aromatic rings. The van der Waals surface area contributed by atoms with Gasteiger partial charge < -0.3 is 10.6 Å². The van der Waals surface area contributed by atoms with Gasteiger partial charge in [0.2, 0.25) is 5.91 Å². The van der Waals surface area contributed by atoms with Gasteiger partial charge in [-0.2, -0.15) is 5.26 Å². The lowest BCUT2D eigenvalue weighted by Crippen LogP contribution is -2.56. The predicted molar refractivity (Wildman–Crippen MR) is 179 cm³/mol. The molecule has 0 atom stereocenters. The second kappa shape index (κ2) is 13.0. The van der Waals surface area contributed by atoms with Crippen LogP contribution in [-0.2, 0) is 17.9 Å². The Morgan fingerprint density at radius 2 is 1.86 bits per heavy atom. The summed E-state index contributed by atoms with van der Waals surface area (Å²) in [6.07, 6.45) is 6.71. The zero-order chi connectivity index (χ0) is 34.2. The molecule has 0 unspecified atom stereocenters. The van der Waals surface area contributed by atoms with E-state index in [1.165, 1.54) is 16.2 Å². The Bertz CT molecular complexity index is 2020. The summed E-state index contributed by atoms with van der Waals surface area (Å²) in [7, 11) is 0. The standard InChI is InChI=1S/C35H36N10O4/c1-21(2)39-29-15-30(43-11-5-24-14-23(16-36)17-38-32(24)43)37-18-28(29)33(47)40-26-6-9-42(10-7-26)19-22-3-4-27-25(13-22)20-45(34(27)48)44-12-8-31(46)41-35(44)49/h3-5,11,13-15,17-18,21,26H,6-10,12,19-20H2,1-2H3,(H,37,39)(H,40,47)(H,41,46,49). The summed E-state index contributed by atoms with van der Waals surface area (Å²) >= 11 is 0. The molecule has 0 bridgehead atoms. The minimum atomic E-state index is -0.576.